The minimum atomic E-state index is -0.468. The van der Waals surface area contributed by atoms with E-state index in [1.807, 2.05) is 0 Å². The molecule has 0 aromatic carbocycles. The van der Waals surface area contributed by atoms with E-state index in [9.17, 15) is 9.59 Å². The van der Waals surface area contributed by atoms with Gasteiger partial charge in [0.05, 0.1) is 18.1 Å². The zero-order chi connectivity index (χ0) is 16.2. The molecule has 122 valence electrons. The van der Waals surface area contributed by atoms with Gasteiger partial charge >= 0.3 is 5.97 Å². The molecule has 2 heterocycles. The van der Waals surface area contributed by atoms with Crippen molar-refractivity contribution in [3.63, 3.8) is 0 Å². The van der Waals surface area contributed by atoms with Gasteiger partial charge in [0.25, 0.3) is 5.56 Å². The molecule has 0 amide bonds. The highest BCUT2D eigenvalue weighted by Gasteiger charge is 2.16. The van der Waals surface area contributed by atoms with Crippen molar-refractivity contribution in [3.05, 3.63) is 45.3 Å². The normalized spacial score (nSPS) is 13.6. The van der Waals surface area contributed by atoms with Crippen LogP contribution in [0.15, 0.2) is 26.5 Å². The van der Waals surface area contributed by atoms with Gasteiger partial charge in [-0.3, -0.25) is 4.79 Å². The van der Waals surface area contributed by atoms with Crippen molar-refractivity contribution in [2.24, 2.45) is 0 Å². The van der Waals surface area contributed by atoms with Crippen LogP contribution in [-0.4, -0.2) is 22.5 Å². The number of ether oxygens (including phenoxy) is 1. The highest BCUT2D eigenvalue weighted by molar-refractivity contribution is 7.98. The molecule has 0 fully saturated rings. The Morgan fingerprint density at radius 1 is 1.39 bits per heavy atom. The largest absolute Gasteiger partial charge is 0.460 e. The molecule has 0 saturated carbocycles. The summed E-state index contributed by atoms with van der Waals surface area (Å²) in [5.74, 6) is 0.845. The molecule has 0 bridgehead atoms. The maximum atomic E-state index is 12.1. The van der Waals surface area contributed by atoms with Crippen LogP contribution in [0, 0.1) is 0 Å². The second-order valence-electron chi connectivity index (χ2n) is 5.28. The zero-order valence-electron chi connectivity index (χ0n) is 12.9. The first-order valence-electron chi connectivity index (χ1n) is 7.68. The Labute approximate surface area is 137 Å². The smallest absolute Gasteiger partial charge is 0.374 e. The molecule has 0 radical (unpaired) electrons. The number of aromatic nitrogens is 2. The first-order valence-corrected chi connectivity index (χ1v) is 8.66. The Hall–Kier alpha value is -2.02. The molecule has 23 heavy (non-hydrogen) atoms. The van der Waals surface area contributed by atoms with Crippen molar-refractivity contribution in [2.45, 2.75) is 43.5 Å². The second kappa shape index (κ2) is 7.04. The van der Waals surface area contributed by atoms with Gasteiger partial charge in [0.15, 0.2) is 5.16 Å². The molecule has 3 rings (SSSR count). The number of nitrogens with zero attached hydrogens (tertiary/aromatic N) is 1. The number of fused-ring (bicyclic) bond motifs is 1. The second-order valence-corrected chi connectivity index (χ2v) is 6.24. The van der Waals surface area contributed by atoms with Gasteiger partial charge in [-0.2, -0.15) is 0 Å². The molecule has 0 atom stereocenters. The summed E-state index contributed by atoms with van der Waals surface area (Å²) in [6.45, 7) is 2.06. The van der Waals surface area contributed by atoms with Gasteiger partial charge in [-0.05, 0) is 44.7 Å². The van der Waals surface area contributed by atoms with E-state index in [0.717, 1.165) is 36.9 Å². The minimum absolute atomic E-state index is 0.0381. The molecule has 0 spiro atoms. The van der Waals surface area contributed by atoms with Crippen LogP contribution >= 0.6 is 11.8 Å². The Balaban J connectivity index is 1.68. The number of H-pyrrole nitrogens is 1. The zero-order valence-corrected chi connectivity index (χ0v) is 13.7. The fraction of sp³-hybridized carbons (Fsp3) is 0.438. The van der Waals surface area contributed by atoms with E-state index < -0.39 is 5.97 Å². The van der Waals surface area contributed by atoms with Gasteiger partial charge in [-0.25, -0.2) is 9.78 Å². The van der Waals surface area contributed by atoms with E-state index >= 15 is 0 Å². The lowest BCUT2D eigenvalue weighted by molar-refractivity contribution is 0.0488. The lowest BCUT2D eigenvalue weighted by Crippen LogP contribution is -2.21. The van der Waals surface area contributed by atoms with Crippen LogP contribution in [0.5, 0.6) is 0 Å². The molecule has 0 unspecified atom stereocenters. The van der Waals surface area contributed by atoms with Crippen LogP contribution in [0.25, 0.3) is 0 Å². The summed E-state index contributed by atoms with van der Waals surface area (Å²) in [5.41, 5.74) is 1.70. The van der Waals surface area contributed by atoms with Crippen molar-refractivity contribution in [3.8, 4) is 0 Å². The summed E-state index contributed by atoms with van der Waals surface area (Å²) in [7, 11) is 0. The number of nitrogens with one attached hydrogen (secondary N) is 1. The monoisotopic (exact) mass is 334 g/mol. The average molecular weight is 334 g/mol. The molecule has 1 aliphatic carbocycles. The standard InChI is InChI=1S/C16H18N2O4S/c1-2-21-15(20)13-8-7-10(22-13)9-23-16-17-12-6-4-3-5-11(12)14(19)18-16/h7-8H,2-6,9H2,1H3,(H,17,18,19). The third kappa shape index (κ3) is 3.67. The third-order valence-corrected chi connectivity index (χ3v) is 4.55. The molecule has 2 aromatic heterocycles. The molecular formula is C16H18N2O4S. The summed E-state index contributed by atoms with van der Waals surface area (Å²) >= 11 is 1.39. The Morgan fingerprint density at radius 2 is 2.22 bits per heavy atom. The number of carbonyl (C=O) groups excluding carboxylic acids is 1. The average Bonchev–Trinajstić information content (AvgIpc) is 3.02. The molecule has 0 saturated heterocycles. The number of thioether (sulfide) groups is 1. The summed E-state index contributed by atoms with van der Waals surface area (Å²) in [4.78, 5) is 31.0. The predicted octanol–water partition coefficient (Wildman–Crippen LogP) is 2.71. The van der Waals surface area contributed by atoms with Crippen LogP contribution in [-0.2, 0) is 23.3 Å². The molecule has 7 heteroatoms. The van der Waals surface area contributed by atoms with E-state index in [-0.39, 0.29) is 11.3 Å². The van der Waals surface area contributed by atoms with E-state index in [0.29, 0.717) is 23.3 Å². The topological polar surface area (TPSA) is 85.2 Å². The molecule has 6 nitrogen and oxygen atoms in total. The predicted molar refractivity (Wildman–Crippen MR) is 85.7 cm³/mol. The molecular weight excluding hydrogens is 316 g/mol. The van der Waals surface area contributed by atoms with E-state index in [4.69, 9.17) is 9.15 Å². The number of hydrogen-bond donors (Lipinski definition) is 1. The minimum Gasteiger partial charge on any atom is -0.460 e. The van der Waals surface area contributed by atoms with Crippen molar-refractivity contribution < 1.29 is 13.9 Å². The number of aryl methyl sites for hydroxylation is 1. The molecule has 2 aromatic rings. The maximum absolute atomic E-state index is 12.1. The fourth-order valence-electron chi connectivity index (χ4n) is 2.56. The van der Waals surface area contributed by atoms with Gasteiger partial charge in [-0.15, -0.1) is 0 Å². The SMILES string of the molecule is CCOC(=O)c1ccc(CSc2nc3c(c(=O)[nH]2)CCCC3)o1. The summed E-state index contributed by atoms with van der Waals surface area (Å²) in [6, 6.07) is 3.33. The lowest BCUT2D eigenvalue weighted by atomic mass is 9.97. The van der Waals surface area contributed by atoms with E-state index in [1.165, 1.54) is 11.8 Å². The van der Waals surface area contributed by atoms with Gasteiger partial charge in [0.1, 0.15) is 5.76 Å². The van der Waals surface area contributed by atoms with Crippen molar-refractivity contribution in [1.82, 2.24) is 9.97 Å². The molecule has 0 aliphatic heterocycles. The first kappa shape index (κ1) is 15.9. The van der Waals surface area contributed by atoms with E-state index in [1.54, 1.807) is 19.1 Å². The number of esters is 1. The van der Waals surface area contributed by atoms with Gasteiger partial charge in [0, 0.05) is 5.56 Å². The summed E-state index contributed by atoms with van der Waals surface area (Å²) in [6.07, 6.45) is 3.80. The van der Waals surface area contributed by atoms with Crippen LogP contribution in [0.2, 0.25) is 0 Å². The number of carbonyl (C=O) groups is 1. The number of furan rings is 1. The highest BCUT2D eigenvalue weighted by atomic mass is 32.2. The quantitative estimate of drug-likeness (QED) is 0.514. The molecule has 1 aliphatic rings. The van der Waals surface area contributed by atoms with Crippen LogP contribution in [0.1, 0.15) is 47.3 Å². The van der Waals surface area contributed by atoms with Crippen LogP contribution in [0.3, 0.4) is 0 Å². The summed E-state index contributed by atoms with van der Waals surface area (Å²) in [5, 5.41) is 0.588. The molecule has 1 N–H and O–H groups in total. The maximum Gasteiger partial charge on any atom is 0.374 e. The van der Waals surface area contributed by atoms with Crippen LogP contribution < -0.4 is 5.56 Å². The van der Waals surface area contributed by atoms with E-state index in [2.05, 4.69) is 9.97 Å². The number of aromatic amines is 1. The van der Waals surface area contributed by atoms with Crippen molar-refractivity contribution in [1.29, 1.82) is 0 Å². The highest BCUT2D eigenvalue weighted by Crippen LogP contribution is 2.23. The van der Waals surface area contributed by atoms with Crippen molar-refractivity contribution >= 4 is 17.7 Å². The third-order valence-electron chi connectivity index (χ3n) is 3.66. The Kier molecular flexibility index (Phi) is 4.85. The lowest BCUT2D eigenvalue weighted by Gasteiger charge is -2.14. The first-order chi connectivity index (χ1) is 11.2. The van der Waals surface area contributed by atoms with Gasteiger partial charge < -0.3 is 14.1 Å². The van der Waals surface area contributed by atoms with Crippen LogP contribution in [0.4, 0.5) is 0 Å². The summed E-state index contributed by atoms with van der Waals surface area (Å²) < 4.78 is 10.3. The number of rotatable bonds is 5. The Bertz CT molecular complexity index is 766. The fourth-order valence-corrected chi connectivity index (χ4v) is 3.33. The number of hydrogen-bond acceptors (Lipinski definition) is 6. The van der Waals surface area contributed by atoms with Crippen molar-refractivity contribution in [2.75, 3.05) is 6.61 Å². The van der Waals surface area contributed by atoms with Gasteiger partial charge in [0.2, 0.25) is 5.76 Å². The Morgan fingerprint density at radius 3 is 3.04 bits per heavy atom. The van der Waals surface area contributed by atoms with Gasteiger partial charge in [-0.1, -0.05) is 11.8 Å².